The highest BCUT2D eigenvalue weighted by molar-refractivity contribution is 5.82. The minimum Gasteiger partial charge on any atom is -0.480 e. The fourth-order valence-corrected chi connectivity index (χ4v) is 1.34. The number of carboxylic acid groups (broad SMARTS) is 1. The van der Waals surface area contributed by atoms with Crippen molar-refractivity contribution in [2.75, 3.05) is 20.3 Å². The van der Waals surface area contributed by atoms with Gasteiger partial charge in [-0.15, -0.1) is 0 Å². The summed E-state index contributed by atoms with van der Waals surface area (Å²) in [6, 6.07) is -1.31. The van der Waals surface area contributed by atoms with Gasteiger partial charge in [0.25, 0.3) is 0 Å². The molecule has 19 heavy (non-hydrogen) atoms. The van der Waals surface area contributed by atoms with E-state index in [1.807, 2.05) is 20.8 Å². The summed E-state index contributed by atoms with van der Waals surface area (Å²) in [5.74, 6) is -1.03. The SMILES string of the molecule is CCC(C)(C)CNC(=O)NC(CCCOC)C(=O)O. The van der Waals surface area contributed by atoms with Crippen LogP contribution in [0.4, 0.5) is 4.79 Å². The minimum atomic E-state index is -1.03. The summed E-state index contributed by atoms with van der Waals surface area (Å²) in [5.41, 5.74) is 0.00606. The van der Waals surface area contributed by atoms with Crippen LogP contribution in [0.1, 0.15) is 40.0 Å². The van der Waals surface area contributed by atoms with Gasteiger partial charge in [0.05, 0.1) is 0 Å². The summed E-state index contributed by atoms with van der Waals surface area (Å²) in [5, 5.41) is 14.2. The second kappa shape index (κ2) is 8.74. The van der Waals surface area contributed by atoms with Crippen LogP contribution in [0.15, 0.2) is 0 Å². The third kappa shape index (κ3) is 8.42. The number of carbonyl (C=O) groups is 2. The molecule has 0 heterocycles. The predicted octanol–water partition coefficient (Wildman–Crippen LogP) is 1.60. The lowest BCUT2D eigenvalue weighted by Gasteiger charge is -2.23. The van der Waals surface area contributed by atoms with Crippen LogP contribution in [0.3, 0.4) is 0 Å². The van der Waals surface area contributed by atoms with Crippen LogP contribution in [0.2, 0.25) is 0 Å². The number of amides is 2. The summed E-state index contributed by atoms with van der Waals surface area (Å²) in [4.78, 5) is 22.6. The molecule has 1 atom stereocenters. The molecule has 0 radical (unpaired) electrons. The number of hydrogen-bond donors (Lipinski definition) is 3. The highest BCUT2D eigenvalue weighted by Crippen LogP contribution is 2.17. The molecule has 112 valence electrons. The van der Waals surface area contributed by atoms with E-state index in [1.54, 1.807) is 7.11 Å². The first-order valence-corrected chi connectivity index (χ1v) is 6.58. The van der Waals surface area contributed by atoms with Gasteiger partial charge < -0.3 is 20.5 Å². The van der Waals surface area contributed by atoms with Crippen molar-refractivity contribution in [1.29, 1.82) is 0 Å². The zero-order chi connectivity index (χ0) is 14.9. The number of carboxylic acids is 1. The second-order valence-electron chi connectivity index (χ2n) is 5.37. The number of hydrogen-bond acceptors (Lipinski definition) is 3. The van der Waals surface area contributed by atoms with Crippen LogP contribution in [0, 0.1) is 5.41 Å². The number of methoxy groups -OCH3 is 1. The molecule has 6 heteroatoms. The molecular formula is C13H26N2O4. The minimum absolute atomic E-state index is 0.00606. The van der Waals surface area contributed by atoms with Crippen LogP contribution in [-0.2, 0) is 9.53 Å². The molecule has 0 bridgehead atoms. The first-order valence-electron chi connectivity index (χ1n) is 6.58. The van der Waals surface area contributed by atoms with E-state index >= 15 is 0 Å². The molecule has 0 aromatic carbocycles. The zero-order valence-corrected chi connectivity index (χ0v) is 12.3. The number of nitrogens with one attached hydrogen (secondary N) is 2. The Morgan fingerprint density at radius 2 is 2.00 bits per heavy atom. The zero-order valence-electron chi connectivity index (χ0n) is 12.3. The lowest BCUT2D eigenvalue weighted by Crippen LogP contribution is -2.48. The van der Waals surface area contributed by atoms with Crippen molar-refractivity contribution in [3.63, 3.8) is 0 Å². The van der Waals surface area contributed by atoms with Gasteiger partial charge in [-0.2, -0.15) is 0 Å². The van der Waals surface area contributed by atoms with Gasteiger partial charge in [-0.3, -0.25) is 0 Å². The topological polar surface area (TPSA) is 87.7 Å². The maximum Gasteiger partial charge on any atom is 0.326 e. The van der Waals surface area contributed by atoms with E-state index < -0.39 is 18.0 Å². The van der Waals surface area contributed by atoms with Crippen molar-refractivity contribution < 1.29 is 19.4 Å². The summed E-state index contributed by atoms with van der Waals surface area (Å²) >= 11 is 0. The molecule has 0 aliphatic carbocycles. The van der Waals surface area contributed by atoms with Crippen molar-refractivity contribution in [1.82, 2.24) is 10.6 Å². The van der Waals surface area contributed by atoms with Crippen molar-refractivity contribution in [3.05, 3.63) is 0 Å². The summed E-state index contributed by atoms with van der Waals surface area (Å²) in [6.45, 7) is 7.13. The maximum atomic E-state index is 11.6. The highest BCUT2D eigenvalue weighted by atomic mass is 16.5. The van der Waals surface area contributed by atoms with Crippen LogP contribution < -0.4 is 10.6 Å². The number of carbonyl (C=O) groups excluding carboxylic acids is 1. The molecule has 0 saturated carbocycles. The molecule has 0 fully saturated rings. The Balaban J connectivity index is 4.13. The van der Waals surface area contributed by atoms with E-state index in [1.165, 1.54) is 0 Å². The Bertz CT molecular complexity index is 292. The normalized spacial score (nSPS) is 12.8. The smallest absolute Gasteiger partial charge is 0.326 e. The third-order valence-electron chi connectivity index (χ3n) is 3.13. The summed E-state index contributed by atoms with van der Waals surface area (Å²) < 4.78 is 4.86. The van der Waals surface area contributed by atoms with Crippen molar-refractivity contribution >= 4 is 12.0 Å². The first kappa shape index (κ1) is 17.7. The van der Waals surface area contributed by atoms with E-state index in [4.69, 9.17) is 9.84 Å². The van der Waals surface area contributed by atoms with E-state index in [-0.39, 0.29) is 5.41 Å². The van der Waals surface area contributed by atoms with Crippen molar-refractivity contribution in [2.45, 2.75) is 46.1 Å². The van der Waals surface area contributed by atoms with Crippen molar-refractivity contribution in [3.8, 4) is 0 Å². The largest absolute Gasteiger partial charge is 0.480 e. The van der Waals surface area contributed by atoms with Gasteiger partial charge in [-0.25, -0.2) is 9.59 Å². The lowest BCUT2D eigenvalue weighted by atomic mass is 9.90. The molecule has 6 nitrogen and oxygen atoms in total. The molecule has 0 aromatic rings. The first-order chi connectivity index (χ1) is 8.82. The van der Waals surface area contributed by atoms with Crippen LogP contribution in [0.5, 0.6) is 0 Å². The predicted molar refractivity (Wildman–Crippen MR) is 73.1 cm³/mol. The van der Waals surface area contributed by atoms with Crippen LogP contribution >= 0.6 is 0 Å². The van der Waals surface area contributed by atoms with E-state index in [0.29, 0.717) is 26.0 Å². The number of ether oxygens (including phenoxy) is 1. The molecule has 1 unspecified atom stereocenters. The fraction of sp³-hybridized carbons (Fsp3) is 0.846. The quantitative estimate of drug-likeness (QED) is 0.557. The molecule has 0 rings (SSSR count). The Hall–Kier alpha value is -1.30. The molecule has 2 amide bonds. The van der Waals surface area contributed by atoms with Gasteiger partial charge in [0.15, 0.2) is 0 Å². The average Bonchev–Trinajstić information content (AvgIpc) is 2.35. The van der Waals surface area contributed by atoms with E-state index in [2.05, 4.69) is 10.6 Å². The molecule has 0 spiro atoms. The highest BCUT2D eigenvalue weighted by Gasteiger charge is 2.21. The lowest BCUT2D eigenvalue weighted by molar-refractivity contribution is -0.139. The van der Waals surface area contributed by atoms with Crippen LogP contribution in [0.25, 0.3) is 0 Å². The van der Waals surface area contributed by atoms with E-state index in [9.17, 15) is 9.59 Å². The molecule has 3 N–H and O–H groups in total. The standard InChI is InChI=1S/C13H26N2O4/c1-5-13(2,3)9-14-12(18)15-10(11(16)17)7-6-8-19-4/h10H,5-9H2,1-4H3,(H,16,17)(H2,14,15,18). The Labute approximate surface area is 114 Å². The van der Waals surface area contributed by atoms with Gasteiger partial charge >= 0.3 is 12.0 Å². The third-order valence-corrected chi connectivity index (χ3v) is 3.13. The van der Waals surface area contributed by atoms with E-state index in [0.717, 1.165) is 6.42 Å². The number of urea groups is 1. The Morgan fingerprint density at radius 3 is 2.47 bits per heavy atom. The number of rotatable bonds is 9. The average molecular weight is 274 g/mol. The molecule has 0 aliphatic heterocycles. The molecule has 0 saturated heterocycles. The molecule has 0 aromatic heterocycles. The van der Waals surface area contributed by atoms with Gasteiger partial charge in [0.2, 0.25) is 0 Å². The van der Waals surface area contributed by atoms with Gasteiger partial charge in [0, 0.05) is 20.3 Å². The van der Waals surface area contributed by atoms with Crippen LogP contribution in [-0.4, -0.2) is 43.4 Å². The Kier molecular flexibility index (Phi) is 8.14. The van der Waals surface area contributed by atoms with Gasteiger partial charge in [0.1, 0.15) is 6.04 Å². The fourth-order valence-electron chi connectivity index (χ4n) is 1.34. The van der Waals surface area contributed by atoms with Crippen molar-refractivity contribution in [2.24, 2.45) is 5.41 Å². The summed E-state index contributed by atoms with van der Waals surface area (Å²) in [7, 11) is 1.56. The maximum absolute atomic E-state index is 11.6. The Morgan fingerprint density at radius 1 is 1.37 bits per heavy atom. The summed E-state index contributed by atoms with van der Waals surface area (Å²) in [6.07, 6.45) is 1.88. The van der Waals surface area contributed by atoms with Gasteiger partial charge in [-0.1, -0.05) is 20.8 Å². The van der Waals surface area contributed by atoms with Gasteiger partial charge in [-0.05, 0) is 24.7 Å². The number of aliphatic carboxylic acids is 1. The monoisotopic (exact) mass is 274 g/mol. The second-order valence-corrected chi connectivity index (χ2v) is 5.37. The molecular weight excluding hydrogens is 248 g/mol. The molecule has 0 aliphatic rings.